The Morgan fingerprint density at radius 2 is 2.00 bits per heavy atom. The maximum absolute atomic E-state index is 8.41. The highest BCUT2D eigenvalue weighted by Gasteiger charge is 2.08. The van der Waals surface area contributed by atoms with Gasteiger partial charge in [-0.1, -0.05) is 34.1 Å². The zero-order valence-electron chi connectivity index (χ0n) is 8.44. The van der Waals surface area contributed by atoms with Crippen LogP contribution in [0.1, 0.15) is 24.3 Å². The second-order valence-corrected chi connectivity index (χ2v) is 4.22. The van der Waals surface area contributed by atoms with Crippen molar-refractivity contribution in [1.29, 1.82) is 0 Å². The summed E-state index contributed by atoms with van der Waals surface area (Å²) >= 11 is 3.40. The van der Waals surface area contributed by atoms with Gasteiger partial charge in [-0.2, -0.15) is 0 Å². The summed E-state index contributed by atoms with van der Waals surface area (Å²) in [6.45, 7) is 3.74. The van der Waals surface area contributed by atoms with Gasteiger partial charge >= 0.3 is 0 Å². The summed E-state index contributed by atoms with van der Waals surface area (Å²) in [6, 6.07) is 8.18. The van der Waals surface area contributed by atoms with Crippen LogP contribution in [0.4, 0.5) is 0 Å². The number of halogens is 1. The summed E-state index contributed by atoms with van der Waals surface area (Å²) in [5, 5.41) is 11.4. The molecule has 3 heteroatoms. The Morgan fingerprint density at radius 3 is 2.53 bits per heavy atom. The normalized spacial score (nSPS) is 12.9. The van der Waals surface area contributed by atoms with Crippen molar-refractivity contribution in [3.63, 3.8) is 0 Å². The minimum absolute atomic E-state index is 0.339. The van der Waals surface area contributed by atoms with E-state index in [4.69, 9.17) is 5.21 Å². The Hall–Kier alpha value is -1.09. The van der Waals surface area contributed by atoms with Gasteiger partial charge in [-0.3, -0.25) is 0 Å². The molecule has 0 bridgehead atoms. The molecule has 0 saturated heterocycles. The maximum Gasteiger partial charge on any atom is 0.0442 e. The van der Waals surface area contributed by atoms with Crippen LogP contribution in [0.5, 0.6) is 0 Å². The smallest absolute Gasteiger partial charge is 0.0442 e. The maximum atomic E-state index is 8.41. The second kappa shape index (κ2) is 6.40. The average molecular weight is 268 g/mol. The van der Waals surface area contributed by atoms with Crippen LogP contribution in [-0.2, 0) is 0 Å². The van der Waals surface area contributed by atoms with Gasteiger partial charge in [0.25, 0.3) is 0 Å². The number of benzene rings is 1. The first kappa shape index (κ1) is 12.0. The predicted octanol–water partition coefficient (Wildman–Crippen LogP) is 3.96. The molecule has 0 saturated carbocycles. The van der Waals surface area contributed by atoms with Gasteiger partial charge in [0.1, 0.15) is 0 Å². The Morgan fingerprint density at radius 1 is 1.33 bits per heavy atom. The van der Waals surface area contributed by atoms with Crippen LogP contribution in [0.2, 0.25) is 0 Å². The quantitative estimate of drug-likeness (QED) is 0.373. The van der Waals surface area contributed by atoms with E-state index < -0.39 is 0 Å². The van der Waals surface area contributed by atoms with E-state index >= 15 is 0 Å². The van der Waals surface area contributed by atoms with Crippen LogP contribution in [0, 0.1) is 0 Å². The minimum atomic E-state index is 0.339. The zero-order chi connectivity index (χ0) is 11.1. The van der Waals surface area contributed by atoms with Crippen molar-refractivity contribution in [2.24, 2.45) is 5.16 Å². The molecule has 0 aromatic heterocycles. The molecule has 1 aromatic rings. The summed E-state index contributed by atoms with van der Waals surface area (Å²) in [7, 11) is 0. The summed E-state index contributed by atoms with van der Waals surface area (Å²) in [6.07, 6.45) is 5.02. The highest BCUT2D eigenvalue weighted by molar-refractivity contribution is 9.10. The molecule has 0 aliphatic rings. The first-order valence-corrected chi connectivity index (χ1v) is 5.59. The van der Waals surface area contributed by atoms with Crippen LogP contribution < -0.4 is 0 Å². The molecule has 1 N–H and O–H groups in total. The molecule has 0 spiro atoms. The molecule has 80 valence electrons. The number of nitrogens with zero attached hydrogens (tertiary/aromatic N) is 1. The van der Waals surface area contributed by atoms with Gasteiger partial charge in [0.15, 0.2) is 0 Å². The minimum Gasteiger partial charge on any atom is -0.411 e. The van der Waals surface area contributed by atoms with Gasteiger partial charge in [0.2, 0.25) is 0 Å². The van der Waals surface area contributed by atoms with Gasteiger partial charge < -0.3 is 5.21 Å². The van der Waals surface area contributed by atoms with E-state index in [1.807, 2.05) is 18.2 Å². The van der Waals surface area contributed by atoms with E-state index in [0.717, 1.165) is 17.3 Å². The van der Waals surface area contributed by atoms with Crippen molar-refractivity contribution in [3.05, 3.63) is 47.0 Å². The Bertz CT molecular complexity index is 332. The average Bonchev–Trinajstić information content (AvgIpc) is 2.25. The van der Waals surface area contributed by atoms with Crippen molar-refractivity contribution in [2.45, 2.75) is 18.8 Å². The zero-order valence-corrected chi connectivity index (χ0v) is 10.0. The van der Waals surface area contributed by atoms with E-state index in [2.05, 4.69) is 39.8 Å². The Balaban J connectivity index is 2.78. The molecule has 1 aromatic carbocycles. The lowest BCUT2D eigenvalue weighted by Crippen LogP contribution is -1.98. The number of hydrogen-bond donors (Lipinski definition) is 1. The first-order chi connectivity index (χ1) is 7.27. The lowest BCUT2D eigenvalue weighted by Gasteiger charge is -2.12. The Kier molecular flexibility index (Phi) is 5.12. The van der Waals surface area contributed by atoms with Gasteiger partial charge in [0, 0.05) is 10.7 Å². The van der Waals surface area contributed by atoms with Crippen molar-refractivity contribution in [3.8, 4) is 0 Å². The topological polar surface area (TPSA) is 32.6 Å². The monoisotopic (exact) mass is 267 g/mol. The summed E-state index contributed by atoms with van der Waals surface area (Å²) < 4.78 is 1.07. The SMILES string of the molecule is C=CCC(C/C=N/O)c1ccc(Br)cc1. The lowest BCUT2D eigenvalue weighted by atomic mass is 9.93. The highest BCUT2D eigenvalue weighted by Crippen LogP contribution is 2.24. The summed E-state index contributed by atoms with van der Waals surface area (Å²) in [5.41, 5.74) is 1.23. The summed E-state index contributed by atoms with van der Waals surface area (Å²) in [4.78, 5) is 0. The molecule has 0 heterocycles. The third-order valence-corrected chi connectivity index (χ3v) is 2.79. The fraction of sp³-hybridized carbons (Fsp3) is 0.250. The molecule has 0 aliphatic carbocycles. The standard InChI is InChI=1S/C12H14BrNO/c1-2-3-10(8-9-14-15)11-4-6-12(13)7-5-11/h2,4-7,9-10,15H,1,3,8H2/b14-9+. The Labute approximate surface area is 98.4 Å². The van der Waals surface area contributed by atoms with Crippen LogP contribution in [0.3, 0.4) is 0 Å². The molecule has 0 radical (unpaired) electrons. The largest absolute Gasteiger partial charge is 0.411 e. The van der Waals surface area contributed by atoms with Crippen LogP contribution in [0.25, 0.3) is 0 Å². The van der Waals surface area contributed by atoms with Crippen molar-refractivity contribution >= 4 is 22.1 Å². The van der Waals surface area contributed by atoms with Crippen LogP contribution in [-0.4, -0.2) is 11.4 Å². The van der Waals surface area contributed by atoms with Gasteiger partial charge in [-0.25, -0.2) is 0 Å². The summed E-state index contributed by atoms with van der Waals surface area (Å²) in [5.74, 6) is 0.339. The third-order valence-electron chi connectivity index (χ3n) is 2.26. The molecule has 15 heavy (non-hydrogen) atoms. The third kappa shape index (κ3) is 3.88. The molecule has 1 rings (SSSR count). The van der Waals surface area contributed by atoms with Crippen LogP contribution in [0.15, 0.2) is 46.5 Å². The molecule has 0 fully saturated rings. The lowest BCUT2D eigenvalue weighted by molar-refractivity contribution is 0.320. The first-order valence-electron chi connectivity index (χ1n) is 4.80. The van der Waals surface area contributed by atoms with Gasteiger partial charge in [-0.05, 0) is 36.5 Å². The molecule has 0 aliphatic heterocycles. The van der Waals surface area contributed by atoms with Crippen molar-refractivity contribution in [1.82, 2.24) is 0 Å². The number of allylic oxidation sites excluding steroid dienone is 1. The predicted molar refractivity (Wildman–Crippen MR) is 66.6 cm³/mol. The molecular formula is C12H14BrNO. The van der Waals surface area contributed by atoms with Crippen molar-refractivity contribution in [2.75, 3.05) is 0 Å². The van der Waals surface area contributed by atoms with Gasteiger partial charge in [0.05, 0.1) is 0 Å². The second-order valence-electron chi connectivity index (χ2n) is 3.31. The number of rotatable bonds is 5. The fourth-order valence-corrected chi connectivity index (χ4v) is 1.74. The molecule has 2 nitrogen and oxygen atoms in total. The number of hydrogen-bond acceptors (Lipinski definition) is 2. The van der Waals surface area contributed by atoms with E-state index in [1.54, 1.807) is 0 Å². The fourth-order valence-electron chi connectivity index (χ4n) is 1.48. The molecular weight excluding hydrogens is 254 g/mol. The molecule has 1 unspecified atom stereocenters. The molecule has 0 amide bonds. The van der Waals surface area contributed by atoms with Gasteiger partial charge in [-0.15, -0.1) is 11.7 Å². The van der Waals surface area contributed by atoms with Crippen LogP contribution >= 0.6 is 15.9 Å². The van der Waals surface area contributed by atoms with E-state index in [9.17, 15) is 0 Å². The van der Waals surface area contributed by atoms with E-state index in [-0.39, 0.29) is 0 Å². The molecule has 1 atom stereocenters. The number of oxime groups is 1. The van der Waals surface area contributed by atoms with E-state index in [1.165, 1.54) is 11.8 Å². The highest BCUT2D eigenvalue weighted by atomic mass is 79.9. The van der Waals surface area contributed by atoms with Crippen molar-refractivity contribution < 1.29 is 5.21 Å². The van der Waals surface area contributed by atoms with E-state index in [0.29, 0.717) is 5.92 Å².